The van der Waals surface area contributed by atoms with Gasteiger partial charge < -0.3 is 19.4 Å². The first kappa shape index (κ1) is 13.3. The molecule has 0 bridgehead atoms. The number of benzene rings is 1. The first-order valence-electron chi connectivity index (χ1n) is 6.08. The lowest BCUT2D eigenvalue weighted by atomic mass is 10.1. The van der Waals surface area contributed by atoms with E-state index in [1.54, 1.807) is 19.1 Å². The molecule has 5 heteroatoms. The fraction of sp³-hybridized carbons (Fsp3) is 0.357. The van der Waals surface area contributed by atoms with Crippen molar-refractivity contribution in [2.24, 2.45) is 0 Å². The molecule has 5 nitrogen and oxygen atoms in total. The maximum Gasteiger partial charge on any atom is 0.409 e. The lowest BCUT2D eigenvalue weighted by Crippen LogP contribution is -2.28. The normalized spacial score (nSPS) is 10.5. The average Bonchev–Trinajstić information content (AvgIpc) is 2.85. The molecule has 102 valence electrons. The summed E-state index contributed by atoms with van der Waals surface area (Å²) in [5.41, 5.74) is 2.22. The molecule has 1 N–H and O–H groups in total. The van der Waals surface area contributed by atoms with Crippen molar-refractivity contribution >= 4 is 17.0 Å². The summed E-state index contributed by atoms with van der Waals surface area (Å²) in [6.07, 6.45) is 2.41. The van der Waals surface area contributed by atoms with Gasteiger partial charge in [-0.3, -0.25) is 0 Å². The standard InChI is InChI=1S/C14H18N2O3/c1-16(14(17)19-3)7-6-10-9-15-13-5-4-11(18-2)8-12(10)13/h4-5,8-9,15H,6-7H2,1-3H3. The van der Waals surface area contributed by atoms with Gasteiger partial charge in [0.05, 0.1) is 14.2 Å². The average molecular weight is 262 g/mol. The molecule has 1 aromatic heterocycles. The number of rotatable bonds is 4. The number of fused-ring (bicyclic) bond motifs is 1. The van der Waals surface area contributed by atoms with Crippen molar-refractivity contribution in [1.82, 2.24) is 9.88 Å². The fourth-order valence-electron chi connectivity index (χ4n) is 2.03. The van der Waals surface area contributed by atoms with Crippen molar-refractivity contribution in [3.05, 3.63) is 30.0 Å². The molecule has 1 amide bonds. The van der Waals surface area contributed by atoms with Crippen LogP contribution in [0.3, 0.4) is 0 Å². The van der Waals surface area contributed by atoms with E-state index in [4.69, 9.17) is 4.74 Å². The predicted octanol–water partition coefficient (Wildman–Crippen LogP) is 2.42. The molecular weight excluding hydrogens is 244 g/mol. The van der Waals surface area contributed by atoms with Crippen LogP contribution in [0.15, 0.2) is 24.4 Å². The van der Waals surface area contributed by atoms with Crippen LogP contribution in [0.5, 0.6) is 5.75 Å². The van der Waals surface area contributed by atoms with Gasteiger partial charge in [-0.25, -0.2) is 4.79 Å². The van der Waals surface area contributed by atoms with Crippen molar-refractivity contribution in [3.8, 4) is 5.75 Å². The molecule has 0 saturated carbocycles. The summed E-state index contributed by atoms with van der Waals surface area (Å²) in [6.45, 7) is 0.608. The molecule has 2 rings (SSSR count). The smallest absolute Gasteiger partial charge is 0.409 e. The van der Waals surface area contributed by atoms with E-state index in [9.17, 15) is 4.79 Å². The second kappa shape index (κ2) is 5.65. The summed E-state index contributed by atoms with van der Waals surface area (Å²) < 4.78 is 9.89. The number of likely N-dealkylation sites (N-methyl/N-ethyl adjacent to an activating group) is 1. The third-order valence-corrected chi connectivity index (χ3v) is 3.18. The minimum Gasteiger partial charge on any atom is -0.497 e. The molecule has 0 atom stereocenters. The van der Waals surface area contributed by atoms with Crippen LogP contribution in [0.2, 0.25) is 0 Å². The Morgan fingerprint density at radius 3 is 2.84 bits per heavy atom. The third-order valence-electron chi connectivity index (χ3n) is 3.18. The number of H-pyrrole nitrogens is 1. The van der Waals surface area contributed by atoms with Gasteiger partial charge in [-0.15, -0.1) is 0 Å². The Bertz CT molecular complexity index is 577. The quantitative estimate of drug-likeness (QED) is 0.920. The second-order valence-electron chi connectivity index (χ2n) is 4.37. The molecule has 2 aromatic rings. The molecule has 0 fully saturated rings. The van der Waals surface area contributed by atoms with Gasteiger partial charge in [0.25, 0.3) is 0 Å². The number of nitrogens with one attached hydrogen (secondary N) is 1. The van der Waals surface area contributed by atoms with E-state index < -0.39 is 0 Å². The highest BCUT2D eigenvalue weighted by Gasteiger charge is 2.10. The van der Waals surface area contributed by atoms with Crippen LogP contribution in [-0.2, 0) is 11.2 Å². The zero-order valence-corrected chi connectivity index (χ0v) is 11.4. The van der Waals surface area contributed by atoms with Crippen LogP contribution in [0, 0.1) is 0 Å². The Labute approximate surface area is 112 Å². The summed E-state index contributed by atoms with van der Waals surface area (Å²) in [7, 11) is 4.76. The molecule has 0 aliphatic carbocycles. The molecule has 0 unspecified atom stereocenters. The number of hydrogen-bond acceptors (Lipinski definition) is 3. The number of amides is 1. The monoisotopic (exact) mass is 262 g/mol. The first-order chi connectivity index (χ1) is 9.15. The number of aromatic amines is 1. The van der Waals surface area contributed by atoms with E-state index >= 15 is 0 Å². The number of methoxy groups -OCH3 is 2. The Morgan fingerprint density at radius 2 is 2.16 bits per heavy atom. The number of carbonyl (C=O) groups excluding carboxylic acids is 1. The van der Waals surface area contributed by atoms with Gasteiger partial charge in [0.1, 0.15) is 5.75 Å². The van der Waals surface area contributed by atoms with Gasteiger partial charge in [0, 0.05) is 30.7 Å². The number of hydrogen-bond donors (Lipinski definition) is 1. The van der Waals surface area contributed by atoms with Gasteiger partial charge in [0.15, 0.2) is 0 Å². The van der Waals surface area contributed by atoms with E-state index in [0.717, 1.165) is 28.6 Å². The van der Waals surface area contributed by atoms with Crippen LogP contribution in [0.25, 0.3) is 10.9 Å². The van der Waals surface area contributed by atoms with Crippen molar-refractivity contribution in [2.45, 2.75) is 6.42 Å². The van der Waals surface area contributed by atoms with Gasteiger partial charge >= 0.3 is 6.09 Å². The van der Waals surface area contributed by atoms with Crippen LogP contribution < -0.4 is 4.74 Å². The Balaban J connectivity index is 2.14. The van der Waals surface area contributed by atoms with E-state index in [2.05, 4.69) is 9.72 Å². The highest BCUT2D eigenvalue weighted by Crippen LogP contribution is 2.23. The van der Waals surface area contributed by atoms with Gasteiger partial charge in [0.2, 0.25) is 0 Å². The Hall–Kier alpha value is -2.17. The van der Waals surface area contributed by atoms with Crippen molar-refractivity contribution < 1.29 is 14.3 Å². The Kier molecular flexibility index (Phi) is 3.94. The van der Waals surface area contributed by atoms with Crippen molar-refractivity contribution in [3.63, 3.8) is 0 Å². The van der Waals surface area contributed by atoms with Crippen molar-refractivity contribution in [2.75, 3.05) is 27.8 Å². The summed E-state index contributed by atoms with van der Waals surface area (Å²) >= 11 is 0. The predicted molar refractivity (Wildman–Crippen MR) is 73.6 cm³/mol. The van der Waals surface area contributed by atoms with E-state index in [0.29, 0.717) is 6.54 Å². The number of carbonyl (C=O) groups is 1. The molecular formula is C14H18N2O3. The molecule has 0 aliphatic heterocycles. The van der Waals surface area contributed by atoms with Crippen LogP contribution in [-0.4, -0.2) is 43.8 Å². The van der Waals surface area contributed by atoms with Crippen LogP contribution >= 0.6 is 0 Å². The maximum atomic E-state index is 11.3. The van der Waals surface area contributed by atoms with Gasteiger partial charge in [-0.05, 0) is 30.2 Å². The largest absolute Gasteiger partial charge is 0.497 e. The zero-order chi connectivity index (χ0) is 13.8. The van der Waals surface area contributed by atoms with Crippen molar-refractivity contribution in [1.29, 1.82) is 0 Å². The lowest BCUT2D eigenvalue weighted by Gasteiger charge is -2.14. The first-order valence-corrected chi connectivity index (χ1v) is 6.08. The Morgan fingerprint density at radius 1 is 1.37 bits per heavy atom. The minimum absolute atomic E-state index is 0.322. The summed E-state index contributed by atoms with van der Waals surface area (Å²) in [6, 6.07) is 5.91. The molecule has 0 saturated heterocycles. The SMILES string of the molecule is COC(=O)N(C)CCc1c[nH]c2ccc(OC)cc12. The molecule has 19 heavy (non-hydrogen) atoms. The van der Waals surface area contributed by atoms with E-state index in [1.807, 2.05) is 24.4 Å². The maximum absolute atomic E-state index is 11.3. The van der Waals surface area contributed by atoms with Gasteiger partial charge in [-0.1, -0.05) is 0 Å². The molecule has 0 radical (unpaired) electrons. The topological polar surface area (TPSA) is 54.6 Å². The highest BCUT2D eigenvalue weighted by atomic mass is 16.5. The summed E-state index contributed by atoms with van der Waals surface area (Å²) in [5, 5.41) is 1.12. The summed E-state index contributed by atoms with van der Waals surface area (Å²) in [4.78, 5) is 16.1. The minimum atomic E-state index is -0.322. The second-order valence-corrected chi connectivity index (χ2v) is 4.37. The van der Waals surface area contributed by atoms with E-state index in [-0.39, 0.29) is 6.09 Å². The highest BCUT2D eigenvalue weighted by molar-refractivity contribution is 5.84. The number of nitrogens with zero attached hydrogens (tertiary/aromatic N) is 1. The van der Waals surface area contributed by atoms with Gasteiger partial charge in [-0.2, -0.15) is 0 Å². The van der Waals surface area contributed by atoms with Crippen LogP contribution in [0.4, 0.5) is 4.79 Å². The number of ether oxygens (including phenoxy) is 2. The van der Waals surface area contributed by atoms with E-state index in [1.165, 1.54) is 7.11 Å². The zero-order valence-electron chi connectivity index (χ0n) is 11.4. The molecule has 0 aliphatic rings. The molecule has 0 spiro atoms. The lowest BCUT2D eigenvalue weighted by molar-refractivity contribution is 0.134. The molecule has 1 heterocycles. The number of aromatic nitrogens is 1. The van der Waals surface area contributed by atoms with Crippen LogP contribution in [0.1, 0.15) is 5.56 Å². The third kappa shape index (κ3) is 2.81. The fourth-order valence-corrected chi connectivity index (χ4v) is 2.03. The molecule has 1 aromatic carbocycles. The summed E-state index contributed by atoms with van der Waals surface area (Å²) in [5.74, 6) is 0.828.